The molecule has 0 bridgehead atoms. The minimum atomic E-state index is -3.57. The minimum absolute atomic E-state index is 0.201. The molecule has 4 nitrogen and oxygen atoms in total. The van der Waals surface area contributed by atoms with Crippen molar-refractivity contribution in [2.24, 2.45) is 16.5 Å². The van der Waals surface area contributed by atoms with Crippen molar-refractivity contribution in [3.05, 3.63) is 0 Å². The van der Waals surface area contributed by atoms with Crippen LogP contribution in [0.25, 0.3) is 0 Å². The summed E-state index contributed by atoms with van der Waals surface area (Å²) in [7, 11) is -3.57. The molecule has 0 rings (SSSR count). The molecule has 0 radical (unpaired) electrons. The molecule has 0 aliphatic heterocycles. The molecule has 0 aliphatic carbocycles. The first-order chi connectivity index (χ1) is 2.94. The molecule has 32 valence electrons. The maximum Gasteiger partial charge on any atom is 0.271 e. The molecule has 0 saturated heterocycles. The van der Waals surface area contributed by atoms with Gasteiger partial charge in [-0.1, -0.05) is 0 Å². The Hall–Kier alpha value is 0.110. The summed E-state index contributed by atoms with van der Waals surface area (Å²) in [5, 5.41) is 0. The van der Waals surface area contributed by atoms with Crippen LogP contribution in [0.5, 0.6) is 0 Å². The van der Waals surface area contributed by atoms with Crippen LogP contribution < -0.4 is 16.5 Å². The summed E-state index contributed by atoms with van der Waals surface area (Å²) in [5.41, 5.74) is 8.92. The largest absolute Gasteiger partial charge is 0.272 e. The lowest BCUT2D eigenvalue weighted by Gasteiger charge is -1.88. The van der Waals surface area contributed by atoms with Gasteiger partial charge in [0.2, 0.25) is 0 Å². The van der Waals surface area contributed by atoms with E-state index >= 15 is 0 Å². The summed E-state index contributed by atoms with van der Waals surface area (Å²) in [4.78, 5) is 0. The van der Waals surface area contributed by atoms with Gasteiger partial charge in [-0.05, 0) is 0 Å². The summed E-state index contributed by atoms with van der Waals surface area (Å²) in [6.45, 7) is 0. The molecule has 0 saturated carbocycles. The fourth-order valence-electron chi connectivity index (χ4n) is 0. The molecule has 0 aromatic carbocycles. The van der Waals surface area contributed by atoms with E-state index in [1.807, 2.05) is 0 Å². The van der Waals surface area contributed by atoms with E-state index in [4.69, 9.17) is 2.82 Å². The Kier molecular flexibility index (Phi) is 0.492. The van der Waals surface area contributed by atoms with Crippen LogP contribution in [0.3, 0.4) is 0 Å². The maximum atomic E-state index is 10.0. The van der Waals surface area contributed by atoms with Crippen LogP contribution >= 0.6 is 7.59 Å². The van der Waals surface area contributed by atoms with E-state index in [0.29, 0.717) is 0 Å². The van der Waals surface area contributed by atoms with Gasteiger partial charge in [-0.3, -0.25) is 21.1 Å². The van der Waals surface area contributed by atoms with Crippen molar-refractivity contribution >= 4 is 7.59 Å². The molecule has 6 N–H and O–H groups in total. The second kappa shape index (κ2) is 1.06. The van der Waals surface area contributed by atoms with E-state index in [2.05, 4.69) is 11.0 Å². The minimum Gasteiger partial charge on any atom is -0.272 e. The van der Waals surface area contributed by atoms with Gasteiger partial charge in [-0.15, -0.1) is 0 Å². The first kappa shape index (κ1) is 2.31. The standard InChI is InChI=1S/H6N3OP/c1-5(2,3)4/h(H6,1,2,3,4)/i/hD2. The van der Waals surface area contributed by atoms with Crippen molar-refractivity contribution in [2.45, 2.75) is 0 Å². The van der Waals surface area contributed by atoms with Gasteiger partial charge >= 0.3 is 0 Å². The van der Waals surface area contributed by atoms with E-state index in [1.54, 1.807) is 0 Å². The van der Waals surface area contributed by atoms with Crippen LogP contribution in [0.15, 0.2) is 0 Å². The summed E-state index contributed by atoms with van der Waals surface area (Å²) in [6, 6.07) is 0. The predicted molar refractivity (Wildman–Crippen MR) is 20.2 cm³/mol. The molecule has 0 spiro atoms. The zero-order chi connectivity index (χ0) is 6.08. The molecule has 5 heavy (non-hydrogen) atoms. The van der Waals surface area contributed by atoms with Gasteiger partial charge in [0.05, 0.1) is 0 Å². The first-order valence-corrected chi connectivity index (χ1v) is 2.70. The summed E-state index contributed by atoms with van der Waals surface area (Å²) >= 11 is 0. The third-order valence-electron chi connectivity index (χ3n) is 0. The molecular weight excluding hydrogens is 89.0 g/mol. The third kappa shape index (κ3) is 1510. The molecule has 0 aliphatic rings. The quantitative estimate of drug-likeness (QED) is 0.364. The van der Waals surface area contributed by atoms with Gasteiger partial charge in [0.25, 0.3) is 7.59 Å². The SMILES string of the molecule is [2H]N([2H])P(N)(N)=O. The van der Waals surface area contributed by atoms with E-state index in [1.165, 1.54) is 0 Å². The van der Waals surface area contributed by atoms with Crippen LogP contribution in [-0.4, -0.2) is 0 Å². The lowest BCUT2D eigenvalue weighted by Crippen LogP contribution is -2.12. The highest BCUT2D eigenvalue weighted by atomic mass is 31.2. The highest BCUT2D eigenvalue weighted by Gasteiger charge is 1.90. The van der Waals surface area contributed by atoms with E-state index < -0.39 is 7.59 Å². The van der Waals surface area contributed by atoms with Gasteiger partial charge in [0.1, 0.15) is 2.82 Å². The Morgan fingerprint density at radius 3 is 2.00 bits per heavy atom. The second-order valence-electron chi connectivity index (χ2n) is 0.672. The van der Waals surface area contributed by atoms with E-state index in [0.717, 1.165) is 0 Å². The second-order valence-corrected chi connectivity index (χ2v) is 2.02. The first-order valence-electron chi connectivity index (χ1n) is 1.79. The van der Waals surface area contributed by atoms with Crippen molar-refractivity contribution in [1.82, 2.24) is 0 Å². The Bertz CT molecular complexity index is 95.1. The molecule has 0 atom stereocenters. The fraction of sp³-hybridized carbons (Fsp3) is 0. The maximum absolute atomic E-state index is 10.0. The molecule has 0 aromatic heterocycles. The van der Waals surface area contributed by atoms with E-state index in [-0.39, 0.29) is 5.49 Å². The van der Waals surface area contributed by atoms with Crippen LogP contribution in [0.1, 0.15) is 0 Å². The molecule has 0 aromatic rings. The number of rotatable bonds is 1. The van der Waals surface area contributed by atoms with Crippen LogP contribution in [0, 0.1) is 0 Å². The summed E-state index contributed by atoms with van der Waals surface area (Å²) < 4.78 is 22.5. The Morgan fingerprint density at radius 2 is 2.00 bits per heavy atom. The average molecular weight is 97.1 g/mol. The van der Waals surface area contributed by atoms with Crippen molar-refractivity contribution in [1.29, 1.82) is 0 Å². The molecule has 0 unspecified atom stereocenters. The number of hydrogen-bond donors (Lipinski definition) is 3. The Morgan fingerprint density at radius 1 is 1.80 bits per heavy atom. The average Bonchev–Trinajstić information content (AvgIpc) is 1.31. The topological polar surface area (TPSA) is 95.1 Å². The van der Waals surface area contributed by atoms with Gasteiger partial charge in [0.15, 0.2) is 0 Å². The van der Waals surface area contributed by atoms with Gasteiger partial charge in [-0.25, -0.2) is 0 Å². The normalized spacial score (nSPS) is 18.2. The van der Waals surface area contributed by atoms with Crippen molar-refractivity contribution in [2.75, 3.05) is 0 Å². The number of hydrogen-bond acceptors (Lipinski definition) is 1. The van der Waals surface area contributed by atoms with Crippen molar-refractivity contribution < 1.29 is 7.39 Å². The lowest BCUT2D eigenvalue weighted by atomic mass is 13.8. The Labute approximate surface area is 32.8 Å². The van der Waals surface area contributed by atoms with Crippen molar-refractivity contribution in [3.63, 3.8) is 0 Å². The van der Waals surface area contributed by atoms with Crippen LogP contribution in [0.2, 0.25) is 2.82 Å². The lowest BCUT2D eigenvalue weighted by molar-refractivity contribution is 0.577. The number of nitrogens with two attached hydrogens (primary N) is 3. The smallest absolute Gasteiger partial charge is 0.271 e. The molecule has 0 amide bonds. The van der Waals surface area contributed by atoms with Crippen LogP contribution in [-0.2, 0) is 4.57 Å². The predicted octanol–water partition coefficient (Wildman–Crippen LogP) is -1.03. The zero-order valence-electron chi connectivity index (χ0n) is 4.46. The molecule has 0 heterocycles. The highest BCUT2D eigenvalue weighted by Crippen LogP contribution is 2.06. The summed E-state index contributed by atoms with van der Waals surface area (Å²) in [5.74, 6) is 0. The summed E-state index contributed by atoms with van der Waals surface area (Å²) in [6.07, 6.45) is 0. The van der Waals surface area contributed by atoms with Gasteiger partial charge in [-0.2, -0.15) is 0 Å². The molecule has 0 fully saturated rings. The molecule has 5 heteroatoms. The third-order valence-corrected chi connectivity index (χ3v) is 0. The van der Waals surface area contributed by atoms with Crippen molar-refractivity contribution in [3.8, 4) is 0 Å². The van der Waals surface area contributed by atoms with Gasteiger partial charge in [0, 0.05) is 0 Å². The van der Waals surface area contributed by atoms with E-state index in [9.17, 15) is 4.57 Å². The highest BCUT2D eigenvalue weighted by molar-refractivity contribution is 7.56. The fourth-order valence-corrected chi connectivity index (χ4v) is 0. The monoisotopic (exact) mass is 97.0 g/mol. The van der Waals surface area contributed by atoms with Crippen LogP contribution in [0.4, 0.5) is 0 Å². The zero-order valence-corrected chi connectivity index (χ0v) is 3.35. The Balaban J connectivity index is 3.80. The van der Waals surface area contributed by atoms with Gasteiger partial charge < -0.3 is 0 Å². The molecular formula is H6N3OP.